The Labute approximate surface area is 101 Å². The lowest BCUT2D eigenvalue weighted by Gasteiger charge is -2.24. The van der Waals surface area contributed by atoms with Crippen molar-refractivity contribution < 1.29 is 0 Å². The van der Waals surface area contributed by atoms with Crippen molar-refractivity contribution in [3.05, 3.63) is 59.7 Å². The number of rotatable bonds is 1. The Hall–Kier alpha value is -1.83. The van der Waals surface area contributed by atoms with E-state index in [-0.39, 0.29) is 5.41 Å². The molecule has 0 radical (unpaired) electrons. The first-order chi connectivity index (χ1) is 8.25. The number of aromatic nitrogens is 2. The molecule has 1 N–H and O–H groups in total. The van der Waals surface area contributed by atoms with Crippen molar-refractivity contribution in [2.75, 3.05) is 0 Å². The molecule has 0 amide bonds. The molecular formula is C15H16N2. The molecule has 17 heavy (non-hydrogen) atoms. The Balaban J connectivity index is 2.18. The number of nitrogens with zero attached hydrogens (tertiary/aromatic N) is 1. The zero-order chi connectivity index (χ0) is 11.9. The summed E-state index contributed by atoms with van der Waals surface area (Å²) < 4.78 is 0. The summed E-state index contributed by atoms with van der Waals surface area (Å²) in [5, 5.41) is 0. The number of aromatic amines is 1. The number of hydrogen-bond donors (Lipinski definition) is 1. The maximum atomic E-state index is 4.16. The summed E-state index contributed by atoms with van der Waals surface area (Å²) in [6.45, 7) is 4.40. The van der Waals surface area contributed by atoms with Crippen molar-refractivity contribution in [3.63, 3.8) is 0 Å². The van der Waals surface area contributed by atoms with Gasteiger partial charge in [-0.1, -0.05) is 30.3 Å². The third kappa shape index (κ3) is 1.37. The molecule has 2 nitrogen and oxygen atoms in total. The summed E-state index contributed by atoms with van der Waals surface area (Å²) in [6.07, 6.45) is 6.98. The first-order valence-electron chi connectivity index (χ1n) is 5.99. The molecule has 1 heterocycles. The predicted molar refractivity (Wildman–Crippen MR) is 69.7 cm³/mol. The molecule has 1 aliphatic rings. The van der Waals surface area contributed by atoms with E-state index in [1.165, 1.54) is 22.4 Å². The van der Waals surface area contributed by atoms with E-state index >= 15 is 0 Å². The second-order valence-corrected chi connectivity index (χ2v) is 4.83. The van der Waals surface area contributed by atoms with E-state index in [9.17, 15) is 0 Å². The maximum Gasteiger partial charge on any atom is 0.0922 e. The quantitative estimate of drug-likeness (QED) is 0.790. The first kappa shape index (κ1) is 10.3. The van der Waals surface area contributed by atoms with E-state index in [4.69, 9.17) is 0 Å². The third-order valence-corrected chi connectivity index (χ3v) is 3.83. The highest BCUT2D eigenvalue weighted by atomic mass is 14.9. The van der Waals surface area contributed by atoms with Gasteiger partial charge in [-0.2, -0.15) is 0 Å². The van der Waals surface area contributed by atoms with Crippen LogP contribution in [-0.2, 0) is 11.8 Å². The fraction of sp³-hybridized carbons (Fsp3) is 0.267. The predicted octanol–water partition coefficient (Wildman–Crippen LogP) is 3.33. The molecule has 2 heteroatoms. The van der Waals surface area contributed by atoms with E-state index in [0.717, 1.165) is 6.42 Å². The van der Waals surface area contributed by atoms with Crippen LogP contribution in [0.5, 0.6) is 0 Å². The summed E-state index contributed by atoms with van der Waals surface area (Å²) in [7, 11) is 0. The molecule has 1 aliphatic carbocycles. The standard InChI is InChI=1S/C15H16N2/c1-3-13-12-7-5-4-6-11(12)8-15(13,2)14-9-16-10-17-14/h3-7,9-10H,8H2,1-2H3,(H,16,17)/b13-3-. The van der Waals surface area contributed by atoms with Crippen LogP contribution in [-0.4, -0.2) is 9.97 Å². The number of hydrogen-bond acceptors (Lipinski definition) is 1. The molecule has 0 bridgehead atoms. The van der Waals surface area contributed by atoms with Gasteiger partial charge in [0.05, 0.1) is 6.33 Å². The smallest absolute Gasteiger partial charge is 0.0922 e. The van der Waals surface area contributed by atoms with Gasteiger partial charge in [-0.25, -0.2) is 4.98 Å². The van der Waals surface area contributed by atoms with Crippen LogP contribution in [0.4, 0.5) is 0 Å². The Bertz CT molecular complexity index is 566. The van der Waals surface area contributed by atoms with Gasteiger partial charge >= 0.3 is 0 Å². The molecule has 86 valence electrons. The molecule has 2 aromatic rings. The molecular weight excluding hydrogens is 208 g/mol. The lowest BCUT2D eigenvalue weighted by Crippen LogP contribution is -2.21. The SMILES string of the molecule is C/C=C1/c2ccccc2CC1(C)c1cnc[nH]1. The van der Waals surface area contributed by atoms with Gasteiger partial charge < -0.3 is 4.98 Å². The van der Waals surface area contributed by atoms with Crippen LogP contribution in [0.3, 0.4) is 0 Å². The highest BCUT2D eigenvalue weighted by molar-refractivity contribution is 5.81. The van der Waals surface area contributed by atoms with Crippen LogP contribution in [0, 0.1) is 0 Å². The van der Waals surface area contributed by atoms with Crippen molar-refractivity contribution in [1.29, 1.82) is 0 Å². The van der Waals surface area contributed by atoms with Gasteiger partial charge in [0.25, 0.3) is 0 Å². The monoisotopic (exact) mass is 224 g/mol. The molecule has 0 aliphatic heterocycles. The normalized spacial score (nSPS) is 25.2. The largest absolute Gasteiger partial charge is 0.348 e. The first-order valence-corrected chi connectivity index (χ1v) is 5.99. The van der Waals surface area contributed by atoms with Gasteiger partial charge in [0.1, 0.15) is 0 Å². The number of nitrogens with one attached hydrogen (secondary N) is 1. The third-order valence-electron chi connectivity index (χ3n) is 3.83. The Kier molecular flexibility index (Phi) is 2.18. The van der Waals surface area contributed by atoms with Gasteiger partial charge in [-0.3, -0.25) is 0 Å². The molecule has 1 aromatic carbocycles. The summed E-state index contributed by atoms with van der Waals surface area (Å²) in [5.74, 6) is 0. The van der Waals surface area contributed by atoms with Gasteiger partial charge in [0, 0.05) is 17.3 Å². The maximum absolute atomic E-state index is 4.16. The van der Waals surface area contributed by atoms with Crippen LogP contribution in [0.15, 0.2) is 42.9 Å². The minimum Gasteiger partial charge on any atom is -0.348 e. The molecule has 3 rings (SSSR count). The van der Waals surface area contributed by atoms with Crippen LogP contribution in [0.25, 0.3) is 5.57 Å². The van der Waals surface area contributed by atoms with Crippen molar-refractivity contribution >= 4 is 5.57 Å². The highest BCUT2D eigenvalue weighted by Gasteiger charge is 2.39. The summed E-state index contributed by atoms with van der Waals surface area (Å²) in [4.78, 5) is 7.43. The zero-order valence-electron chi connectivity index (χ0n) is 10.2. The zero-order valence-corrected chi connectivity index (χ0v) is 10.2. The van der Waals surface area contributed by atoms with Gasteiger partial charge in [0.15, 0.2) is 0 Å². The summed E-state index contributed by atoms with van der Waals surface area (Å²) in [6, 6.07) is 8.67. The average Bonchev–Trinajstić information content (AvgIpc) is 2.94. The minimum atomic E-state index is 0.0366. The van der Waals surface area contributed by atoms with E-state index in [2.05, 4.69) is 54.2 Å². The fourth-order valence-electron chi connectivity index (χ4n) is 2.98. The Morgan fingerprint density at radius 1 is 1.35 bits per heavy atom. The second kappa shape index (κ2) is 3.59. The average molecular weight is 224 g/mol. The molecule has 0 saturated heterocycles. The van der Waals surface area contributed by atoms with Gasteiger partial charge in [0.2, 0.25) is 0 Å². The van der Waals surface area contributed by atoms with E-state index in [0.29, 0.717) is 0 Å². The number of benzene rings is 1. The van der Waals surface area contributed by atoms with Crippen LogP contribution >= 0.6 is 0 Å². The molecule has 0 fully saturated rings. The lowest BCUT2D eigenvalue weighted by molar-refractivity contribution is 0.618. The summed E-state index contributed by atoms with van der Waals surface area (Å²) in [5.41, 5.74) is 5.44. The van der Waals surface area contributed by atoms with Crippen LogP contribution < -0.4 is 0 Å². The topological polar surface area (TPSA) is 28.7 Å². The summed E-state index contributed by atoms with van der Waals surface area (Å²) >= 11 is 0. The fourth-order valence-corrected chi connectivity index (χ4v) is 2.98. The number of allylic oxidation sites excluding steroid dienone is 2. The molecule has 1 atom stereocenters. The lowest BCUT2D eigenvalue weighted by atomic mass is 9.80. The number of H-pyrrole nitrogens is 1. The van der Waals surface area contributed by atoms with Gasteiger partial charge in [-0.05, 0) is 37.0 Å². The minimum absolute atomic E-state index is 0.0366. The Morgan fingerprint density at radius 2 is 2.18 bits per heavy atom. The van der Waals surface area contributed by atoms with Crippen molar-refractivity contribution in [1.82, 2.24) is 9.97 Å². The molecule has 0 spiro atoms. The van der Waals surface area contributed by atoms with Gasteiger partial charge in [-0.15, -0.1) is 0 Å². The van der Waals surface area contributed by atoms with Crippen molar-refractivity contribution in [2.24, 2.45) is 0 Å². The second-order valence-electron chi connectivity index (χ2n) is 4.83. The molecule has 0 saturated carbocycles. The van der Waals surface area contributed by atoms with Crippen LogP contribution in [0.2, 0.25) is 0 Å². The molecule has 1 unspecified atom stereocenters. The van der Waals surface area contributed by atoms with E-state index in [1.807, 2.05) is 6.20 Å². The van der Waals surface area contributed by atoms with E-state index in [1.54, 1.807) is 6.33 Å². The highest BCUT2D eigenvalue weighted by Crippen LogP contribution is 2.47. The molecule has 1 aromatic heterocycles. The van der Waals surface area contributed by atoms with E-state index < -0.39 is 0 Å². The van der Waals surface area contributed by atoms with Crippen LogP contribution in [0.1, 0.15) is 30.7 Å². The van der Waals surface area contributed by atoms with Crippen molar-refractivity contribution in [3.8, 4) is 0 Å². The number of fused-ring (bicyclic) bond motifs is 1. The number of imidazole rings is 1. The Morgan fingerprint density at radius 3 is 2.88 bits per heavy atom. The van der Waals surface area contributed by atoms with Crippen molar-refractivity contribution in [2.45, 2.75) is 25.7 Å².